The Bertz CT molecular complexity index is 111. The van der Waals surface area contributed by atoms with Gasteiger partial charge in [-0.05, 0) is 13.0 Å². The molecule has 0 spiro atoms. The van der Waals surface area contributed by atoms with E-state index in [-0.39, 0.29) is 0 Å². The number of nitrogens with zero attached hydrogens (tertiary/aromatic N) is 1. The Kier molecular flexibility index (Phi) is 5.41. The van der Waals surface area contributed by atoms with Crippen molar-refractivity contribution in [1.82, 2.24) is 10.7 Å². The lowest BCUT2D eigenvalue weighted by Gasteiger charge is -2.27. The molecule has 0 rings (SSSR count). The first kappa shape index (κ1) is 11.8. The smallest absolute Gasteiger partial charge is 0.162 e. The van der Waals surface area contributed by atoms with Crippen molar-refractivity contribution in [3.63, 3.8) is 0 Å². The molecule has 0 heterocycles. The summed E-state index contributed by atoms with van der Waals surface area (Å²) in [5, 5.41) is 12.6. The molecule has 4 nitrogen and oxygen atoms in total. The van der Waals surface area contributed by atoms with E-state index in [1.807, 2.05) is 21.1 Å². The first-order valence-electron chi connectivity index (χ1n) is 4.43. The molecule has 0 aliphatic rings. The lowest BCUT2D eigenvalue weighted by atomic mass is 10.4. The van der Waals surface area contributed by atoms with E-state index < -0.39 is 6.23 Å². The fourth-order valence-electron chi connectivity index (χ4n) is 0.908. The van der Waals surface area contributed by atoms with E-state index in [1.165, 1.54) is 0 Å². The van der Waals surface area contributed by atoms with Gasteiger partial charge < -0.3 is 10.4 Å². The van der Waals surface area contributed by atoms with Crippen LogP contribution >= 0.6 is 0 Å². The highest BCUT2D eigenvalue weighted by molar-refractivity contribution is 4.50. The first-order valence-corrected chi connectivity index (χ1v) is 4.43. The van der Waals surface area contributed by atoms with E-state index in [4.69, 9.17) is 0 Å². The van der Waals surface area contributed by atoms with Crippen LogP contribution in [0.4, 0.5) is 0 Å². The summed E-state index contributed by atoms with van der Waals surface area (Å²) in [6.45, 7) is 3.66. The topological polar surface area (TPSA) is 44.3 Å². The molecule has 0 aliphatic heterocycles. The summed E-state index contributed by atoms with van der Waals surface area (Å²) in [7, 11) is 5.93. The minimum atomic E-state index is -0.475. The summed E-state index contributed by atoms with van der Waals surface area (Å²) in [4.78, 5) is 0. The van der Waals surface area contributed by atoms with Crippen molar-refractivity contribution >= 4 is 0 Å². The van der Waals surface area contributed by atoms with Crippen molar-refractivity contribution in [2.45, 2.75) is 19.6 Å². The summed E-state index contributed by atoms with van der Waals surface area (Å²) < 4.78 is 0.564. The maximum absolute atomic E-state index is 9.42. The molecule has 12 heavy (non-hydrogen) atoms. The third kappa shape index (κ3) is 7.94. The van der Waals surface area contributed by atoms with Crippen molar-refractivity contribution in [3.05, 3.63) is 0 Å². The average Bonchev–Trinajstić information content (AvgIpc) is 1.84. The molecule has 0 aromatic heterocycles. The largest absolute Gasteiger partial charge is 0.372 e. The maximum Gasteiger partial charge on any atom is 0.162 e. The Labute approximate surface area is 75.1 Å². The number of quaternary nitrogens is 1. The molecule has 0 aliphatic carbocycles. The number of hydrogen-bond acceptors (Lipinski definition) is 3. The second-order valence-electron chi connectivity index (χ2n) is 3.86. The summed E-state index contributed by atoms with van der Waals surface area (Å²) in [6, 6.07) is 0. The zero-order valence-electron chi connectivity index (χ0n) is 8.59. The van der Waals surface area contributed by atoms with Crippen molar-refractivity contribution in [2.24, 2.45) is 0 Å². The number of aliphatic hydroxyl groups is 1. The van der Waals surface area contributed by atoms with Gasteiger partial charge in [-0.15, -0.1) is 5.43 Å². The lowest BCUT2D eigenvalue weighted by Crippen LogP contribution is -2.55. The SMILES string of the molecule is CCCNCC(O)N[N+](C)(C)C. The van der Waals surface area contributed by atoms with E-state index in [2.05, 4.69) is 17.7 Å². The molecule has 0 radical (unpaired) electrons. The highest BCUT2D eigenvalue weighted by Gasteiger charge is 2.12. The summed E-state index contributed by atoms with van der Waals surface area (Å²) in [5.74, 6) is 0. The van der Waals surface area contributed by atoms with Gasteiger partial charge in [0.2, 0.25) is 0 Å². The third-order valence-corrected chi connectivity index (χ3v) is 1.30. The highest BCUT2D eigenvalue weighted by Crippen LogP contribution is 1.85. The standard InChI is InChI=1S/C8H22N3O/c1-5-6-9-7-8(12)10-11(2,3)4/h8-10,12H,5-7H2,1-4H3/q+1. The van der Waals surface area contributed by atoms with Gasteiger partial charge in [0.05, 0.1) is 21.1 Å². The van der Waals surface area contributed by atoms with Crippen molar-refractivity contribution in [1.29, 1.82) is 0 Å². The maximum atomic E-state index is 9.42. The Morgan fingerprint density at radius 1 is 1.33 bits per heavy atom. The molecule has 1 unspecified atom stereocenters. The molecule has 0 amide bonds. The normalized spacial score (nSPS) is 14.8. The second-order valence-corrected chi connectivity index (χ2v) is 3.86. The Morgan fingerprint density at radius 3 is 2.33 bits per heavy atom. The predicted molar refractivity (Wildman–Crippen MR) is 50.3 cm³/mol. The first-order chi connectivity index (χ1) is 5.45. The highest BCUT2D eigenvalue weighted by atomic mass is 16.3. The van der Waals surface area contributed by atoms with E-state index in [9.17, 15) is 5.11 Å². The van der Waals surface area contributed by atoms with Gasteiger partial charge in [-0.2, -0.15) is 0 Å². The molecule has 0 saturated carbocycles. The zero-order chi connectivity index (χ0) is 9.61. The van der Waals surface area contributed by atoms with Crippen molar-refractivity contribution in [3.8, 4) is 0 Å². The molecular formula is C8H22N3O+. The van der Waals surface area contributed by atoms with E-state index in [1.54, 1.807) is 0 Å². The monoisotopic (exact) mass is 176 g/mol. The quantitative estimate of drug-likeness (QED) is 0.222. The lowest BCUT2D eigenvalue weighted by molar-refractivity contribution is -0.921. The molecule has 0 saturated heterocycles. The van der Waals surface area contributed by atoms with Crippen LogP contribution in [0, 0.1) is 0 Å². The molecule has 4 heteroatoms. The Balaban J connectivity index is 3.40. The number of hydrogen-bond donors (Lipinski definition) is 3. The van der Waals surface area contributed by atoms with Crippen molar-refractivity contribution in [2.75, 3.05) is 34.2 Å². The fraction of sp³-hybridized carbons (Fsp3) is 1.00. The summed E-state index contributed by atoms with van der Waals surface area (Å²) >= 11 is 0. The predicted octanol–water partition coefficient (Wildman–Crippen LogP) is -0.485. The minimum Gasteiger partial charge on any atom is -0.372 e. The third-order valence-electron chi connectivity index (χ3n) is 1.30. The van der Waals surface area contributed by atoms with Crippen LogP contribution in [0.1, 0.15) is 13.3 Å². The number of rotatable bonds is 6. The van der Waals surface area contributed by atoms with Gasteiger partial charge in [0.1, 0.15) is 0 Å². The molecule has 1 atom stereocenters. The summed E-state index contributed by atoms with van der Waals surface area (Å²) in [5.41, 5.74) is 3.01. The van der Waals surface area contributed by atoms with Gasteiger partial charge >= 0.3 is 0 Å². The van der Waals surface area contributed by atoms with Gasteiger partial charge in [-0.3, -0.25) is 4.59 Å². The second kappa shape index (κ2) is 5.48. The Morgan fingerprint density at radius 2 is 1.92 bits per heavy atom. The van der Waals surface area contributed by atoms with Crippen LogP contribution in [0.2, 0.25) is 0 Å². The molecule has 74 valence electrons. The number of nitrogens with one attached hydrogen (secondary N) is 2. The minimum absolute atomic E-state index is 0.475. The molecule has 3 N–H and O–H groups in total. The zero-order valence-corrected chi connectivity index (χ0v) is 8.59. The van der Waals surface area contributed by atoms with Gasteiger partial charge in [0.15, 0.2) is 6.23 Å². The van der Waals surface area contributed by atoms with Gasteiger partial charge in [-0.25, -0.2) is 0 Å². The molecule has 0 fully saturated rings. The molecule has 0 aromatic carbocycles. The molecular weight excluding hydrogens is 154 g/mol. The summed E-state index contributed by atoms with van der Waals surface area (Å²) in [6.07, 6.45) is 0.619. The van der Waals surface area contributed by atoms with Crippen LogP contribution in [-0.4, -0.2) is 50.2 Å². The van der Waals surface area contributed by atoms with Crippen LogP contribution in [0.25, 0.3) is 0 Å². The number of aliphatic hydroxyl groups excluding tert-OH is 1. The molecule has 0 aromatic rings. The van der Waals surface area contributed by atoms with Gasteiger partial charge in [-0.1, -0.05) is 6.92 Å². The van der Waals surface area contributed by atoms with Crippen LogP contribution in [0.3, 0.4) is 0 Å². The van der Waals surface area contributed by atoms with Crippen LogP contribution in [0.5, 0.6) is 0 Å². The van der Waals surface area contributed by atoms with Crippen LogP contribution < -0.4 is 10.7 Å². The van der Waals surface area contributed by atoms with E-state index in [0.29, 0.717) is 11.1 Å². The molecule has 0 bridgehead atoms. The van der Waals surface area contributed by atoms with Crippen molar-refractivity contribution < 1.29 is 9.70 Å². The van der Waals surface area contributed by atoms with E-state index in [0.717, 1.165) is 13.0 Å². The van der Waals surface area contributed by atoms with Gasteiger partial charge in [0, 0.05) is 6.54 Å². The van der Waals surface area contributed by atoms with E-state index >= 15 is 0 Å². The average molecular weight is 176 g/mol. The van der Waals surface area contributed by atoms with Crippen LogP contribution in [0.15, 0.2) is 0 Å². The van der Waals surface area contributed by atoms with Gasteiger partial charge in [0.25, 0.3) is 0 Å². The Hall–Kier alpha value is -0.160. The fourth-order valence-corrected chi connectivity index (χ4v) is 0.908. The van der Waals surface area contributed by atoms with Crippen LogP contribution in [-0.2, 0) is 0 Å².